The van der Waals surface area contributed by atoms with Crippen molar-refractivity contribution < 1.29 is 18.0 Å². The zero-order valence-corrected chi connectivity index (χ0v) is 23.7. The standard InChI is InChI=1S/C28H38ClN3O4S/c1-5-26(28(34)30-24-9-7-6-8-10-24)31(18-22-11-13-23(29)14-12-22)27(33)19-32(37(4,35)36)25-16-20(2)15-21(3)17-25/h11-17,24,26H,5-10,18-19H2,1-4H3,(H,30,34). The van der Waals surface area contributed by atoms with Crippen molar-refractivity contribution in [2.45, 2.75) is 77.9 Å². The molecule has 0 heterocycles. The molecule has 1 fully saturated rings. The fourth-order valence-corrected chi connectivity index (χ4v) is 5.92. The SMILES string of the molecule is CCC(C(=O)NC1CCCCC1)N(Cc1ccc(Cl)cc1)C(=O)CN(c1cc(C)cc(C)c1)S(C)(=O)=O. The second-order valence-electron chi connectivity index (χ2n) is 10.0. The van der Waals surface area contributed by atoms with Gasteiger partial charge in [0.15, 0.2) is 0 Å². The van der Waals surface area contributed by atoms with Crippen molar-refractivity contribution in [3.63, 3.8) is 0 Å². The summed E-state index contributed by atoms with van der Waals surface area (Å²) in [4.78, 5) is 28.7. The van der Waals surface area contributed by atoms with Crippen molar-refractivity contribution in [1.29, 1.82) is 0 Å². The number of rotatable bonds is 10. The summed E-state index contributed by atoms with van der Waals surface area (Å²) in [6, 6.07) is 11.9. The van der Waals surface area contributed by atoms with Crippen LogP contribution in [0.3, 0.4) is 0 Å². The summed E-state index contributed by atoms with van der Waals surface area (Å²) >= 11 is 6.05. The van der Waals surface area contributed by atoms with Crippen LogP contribution in [-0.4, -0.2) is 50.0 Å². The minimum atomic E-state index is -3.77. The Bertz CT molecular complexity index is 1170. The van der Waals surface area contributed by atoms with E-state index in [-0.39, 0.29) is 18.5 Å². The molecule has 202 valence electrons. The van der Waals surface area contributed by atoms with Crippen LogP contribution >= 0.6 is 11.6 Å². The number of sulfonamides is 1. The van der Waals surface area contributed by atoms with E-state index in [0.29, 0.717) is 17.1 Å². The largest absolute Gasteiger partial charge is 0.352 e. The Morgan fingerprint density at radius 1 is 1.03 bits per heavy atom. The highest BCUT2D eigenvalue weighted by atomic mass is 35.5. The van der Waals surface area contributed by atoms with E-state index in [0.717, 1.165) is 52.9 Å². The van der Waals surface area contributed by atoms with E-state index in [1.807, 2.05) is 39.0 Å². The van der Waals surface area contributed by atoms with E-state index in [2.05, 4.69) is 5.32 Å². The molecule has 7 nitrogen and oxygen atoms in total. The number of carbonyl (C=O) groups is 2. The van der Waals surface area contributed by atoms with Gasteiger partial charge in [0, 0.05) is 17.6 Å². The number of nitrogens with zero attached hydrogens (tertiary/aromatic N) is 2. The van der Waals surface area contributed by atoms with Crippen molar-refractivity contribution >= 4 is 39.1 Å². The first-order valence-corrected chi connectivity index (χ1v) is 15.1. The van der Waals surface area contributed by atoms with Crippen molar-refractivity contribution in [3.8, 4) is 0 Å². The molecule has 9 heteroatoms. The van der Waals surface area contributed by atoms with Gasteiger partial charge < -0.3 is 10.2 Å². The van der Waals surface area contributed by atoms with E-state index in [1.54, 1.807) is 24.3 Å². The zero-order valence-electron chi connectivity index (χ0n) is 22.2. The molecule has 1 aliphatic carbocycles. The molecule has 0 radical (unpaired) electrons. The highest BCUT2D eigenvalue weighted by Crippen LogP contribution is 2.23. The Labute approximate surface area is 226 Å². The monoisotopic (exact) mass is 547 g/mol. The minimum Gasteiger partial charge on any atom is -0.352 e. The Balaban J connectivity index is 1.92. The number of halogens is 1. The Morgan fingerprint density at radius 3 is 2.16 bits per heavy atom. The van der Waals surface area contributed by atoms with Crippen LogP contribution in [0.15, 0.2) is 42.5 Å². The van der Waals surface area contributed by atoms with Gasteiger partial charge in [-0.05, 0) is 74.1 Å². The van der Waals surface area contributed by atoms with Crippen LogP contribution < -0.4 is 9.62 Å². The number of benzene rings is 2. The van der Waals surface area contributed by atoms with Gasteiger partial charge in [0.05, 0.1) is 11.9 Å². The molecule has 0 aromatic heterocycles. The second kappa shape index (κ2) is 12.8. The molecule has 2 aromatic carbocycles. The first kappa shape index (κ1) is 29.0. The Morgan fingerprint density at radius 2 is 1.62 bits per heavy atom. The molecule has 37 heavy (non-hydrogen) atoms. The molecule has 0 aliphatic heterocycles. The minimum absolute atomic E-state index is 0.102. The first-order chi connectivity index (χ1) is 17.5. The van der Waals surface area contributed by atoms with Gasteiger partial charge in [0.25, 0.3) is 0 Å². The van der Waals surface area contributed by atoms with E-state index >= 15 is 0 Å². The first-order valence-electron chi connectivity index (χ1n) is 12.9. The number of hydrogen-bond acceptors (Lipinski definition) is 4. The summed E-state index contributed by atoms with van der Waals surface area (Å²) in [6.45, 7) is 5.40. The Hall–Kier alpha value is -2.58. The number of nitrogens with one attached hydrogen (secondary N) is 1. The molecule has 0 saturated heterocycles. The zero-order chi connectivity index (χ0) is 27.2. The number of carbonyl (C=O) groups excluding carboxylic acids is 2. The molecule has 2 aromatic rings. The molecule has 1 aliphatic rings. The predicted octanol–water partition coefficient (Wildman–Crippen LogP) is 4.98. The smallest absolute Gasteiger partial charge is 0.244 e. The fourth-order valence-electron chi connectivity index (χ4n) is 4.96. The lowest BCUT2D eigenvalue weighted by molar-refractivity contribution is -0.140. The van der Waals surface area contributed by atoms with E-state index in [4.69, 9.17) is 11.6 Å². The van der Waals surface area contributed by atoms with E-state index in [1.165, 1.54) is 11.3 Å². The van der Waals surface area contributed by atoms with Crippen LogP contribution in [0.25, 0.3) is 0 Å². The van der Waals surface area contributed by atoms with Gasteiger partial charge in [-0.1, -0.05) is 56.0 Å². The third kappa shape index (κ3) is 8.20. The highest BCUT2D eigenvalue weighted by molar-refractivity contribution is 7.92. The maximum Gasteiger partial charge on any atom is 0.244 e. The fraction of sp³-hybridized carbons (Fsp3) is 0.500. The maximum atomic E-state index is 13.8. The van der Waals surface area contributed by atoms with Crippen molar-refractivity contribution in [2.24, 2.45) is 0 Å². The molecule has 0 spiro atoms. The third-order valence-electron chi connectivity index (χ3n) is 6.78. The van der Waals surface area contributed by atoms with Crippen LogP contribution in [0.2, 0.25) is 5.02 Å². The average Bonchev–Trinajstić information content (AvgIpc) is 2.82. The summed E-state index contributed by atoms with van der Waals surface area (Å²) in [5, 5.41) is 3.72. The maximum absolute atomic E-state index is 13.8. The summed E-state index contributed by atoms with van der Waals surface area (Å²) in [5.74, 6) is -0.640. The van der Waals surface area contributed by atoms with Crippen LogP contribution in [0.5, 0.6) is 0 Å². The van der Waals surface area contributed by atoms with Gasteiger partial charge in [0.2, 0.25) is 21.8 Å². The van der Waals surface area contributed by atoms with Gasteiger partial charge >= 0.3 is 0 Å². The second-order valence-corrected chi connectivity index (χ2v) is 12.4. The molecule has 1 atom stereocenters. The summed E-state index contributed by atoms with van der Waals surface area (Å²) in [7, 11) is -3.77. The molecule has 0 bridgehead atoms. The third-order valence-corrected chi connectivity index (χ3v) is 8.17. The molecular weight excluding hydrogens is 510 g/mol. The molecular formula is C28H38ClN3O4S. The molecule has 1 unspecified atom stereocenters. The van der Waals surface area contributed by atoms with Crippen LogP contribution in [0.1, 0.15) is 62.1 Å². The number of hydrogen-bond donors (Lipinski definition) is 1. The topological polar surface area (TPSA) is 86.8 Å². The Kier molecular flexibility index (Phi) is 10.0. The summed E-state index contributed by atoms with van der Waals surface area (Å²) in [5.41, 5.74) is 3.03. The van der Waals surface area contributed by atoms with Gasteiger partial charge in [0.1, 0.15) is 12.6 Å². The van der Waals surface area contributed by atoms with Crippen LogP contribution in [0, 0.1) is 13.8 Å². The number of amides is 2. The van der Waals surface area contributed by atoms with Crippen LogP contribution in [0.4, 0.5) is 5.69 Å². The predicted molar refractivity (Wildman–Crippen MR) is 149 cm³/mol. The summed E-state index contributed by atoms with van der Waals surface area (Å²) < 4.78 is 26.7. The lowest BCUT2D eigenvalue weighted by Gasteiger charge is -2.34. The van der Waals surface area contributed by atoms with Crippen LogP contribution in [-0.2, 0) is 26.2 Å². The van der Waals surface area contributed by atoms with Gasteiger partial charge in [-0.2, -0.15) is 0 Å². The normalized spacial score (nSPS) is 15.2. The van der Waals surface area contributed by atoms with E-state index in [9.17, 15) is 18.0 Å². The van der Waals surface area contributed by atoms with E-state index < -0.39 is 28.5 Å². The lowest BCUT2D eigenvalue weighted by Crippen LogP contribution is -2.53. The van der Waals surface area contributed by atoms with Gasteiger partial charge in [-0.15, -0.1) is 0 Å². The molecule has 1 N–H and O–H groups in total. The molecule has 1 saturated carbocycles. The quantitative estimate of drug-likeness (QED) is 0.454. The number of anilines is 1. The summed E-state index contributed by atoms with van der Waals surface area (Å²) in [6.07, 6.45) is 6.69. The van der Waals surface area contributed by atoms with Gasteiger partial charge in [-0.3, -0.25) is 13.9 Å². The average molecular weight is 548 g/mol. The van der Waals surface area contributed by atoms with Crippen molar-refractivity contribution in [2.75, 3.05) is 17.1 Å². The molecule has 3 rings (SSSR count). The van der Waals surface area contributed by atoms with Crippen molar-refractivity contribution in [3.05, 3.63) is 64.2 Å². The molecule has 2 amide bonds. The lowest BCUT2D eigenvalue weighted by atomic mass is 9.95. The van der Waals surface area contributed by atoms with Gasteiger partial charge in [-0.25, -0.2) is 8.42 Å². The number of aryl methyl sites for hydroxylation is 2. The highest BCUT2D eigenvalue weighted by Gasteiger charge is 2.32. The van der Waals surface area contributed by atoms with Crippen molar-refractivity contribution in [1.82, 2.24) is 10.2 Å².